The van der Waals surface area contributed by atoms with Gasteiger partial charge in [-0.1, -0.05) is 17.7 Å². The molecule has 2 fully saturated rings. The monoisotopic (exact) mass is 328 g/mol. The third-order valence-electron chi connectivity index (χ3n) is 5.15. The summed E-state index contributed by atoms with van der Waals surface area (Å²) in [5.41, 5.74) is 2.98. The van der Waals surface area contributed by atoms with E-state index in [9.17, 15) is 9.59 Å². The molecule has 0 radical (unpaired) electrons. The van der Waals surface area contributed by atoms with E-state index in [1.54, 1.807) is 0 Å². The van der Waals surface area contributed by atoms with Crippen molar-refractivity contribution in [1.29, 1.82) is 0 Å². The summed E-state index contributed by atoms with van der Waals surface area (Å²) < 4.78 is 0. The molecule has 24 heavy (non-hydrogen) atoms. The number of nitrogens with one attached hydrogen (secondary N) is 1. The van der Waals surface area contributed by atoms with Gasteiger partial charge in [0.1, 0.15) is 0 Å². The van der Waals surface area contributed by atoms with Crippen LogP contribution in [0.25, 0.3) is 0 Å². The second kappa shape index (κ2) is 7.37. The van der Waals surface area contributed by atoms with Gasteiger partial charge in [0.15, 0.2) is 0 Å². The maximum atomic E-state index is 12.9. The first-order valence-electron chi connectivity index (χ1n) is 9.19. The highest BCUT2D eigenvalue weighted by molar-refractivity contribution is 5.95. The number of nitrogens with zero attached hydrogens (tertiary/aromatic N) is 1. The largest absolute Gasteiger partial charge is 0.353 e. The van der Waals surface area contributed by atoms with Crippen molar-refractivity contribution in [3.63, 3.8) is 0 Å². The molecule has 130 valence electrons. The van der Waals surface area contributed by atoms with Crippen molar-refractivity contribution in [3.05, 3.63) is 34.9 Å². The molecule has 3 rings (SSSR count). The van der Waals surface area contributed by atoms with Crippen LogP contribution < -0.4 is 5.32 Å². The highest BCUT2D eigenvalue weighted by Crippen LogP contribution is 2.24. The van der Waals surface area contributed by atoms with E-state index in [4.69, 9.17) is 0 Å². The second-order valence-corrected chi connectivity index (χ2v) is 7.46. The molecule has 1 aliphatic carbocycles. The van der Waals surface area contributed by atoms with Crippen molar-refractivity contribution >= 4 is 11.8 Å². The smallest absolute Gasteiger partial charge is 0.254 e. The van der Waals surface area contributed by atoms with Crippen molar-refractivity contribution in [2.24, 2.45) is 5.92 Å². The minimum atomic E-state index is 0.142. The Bertz CT molecular complexity index is 622. The zero-order valence-corrected chi connectivity index (χ0v) is 14.8. The molecule has 4 nitrogen and oxygen atoms in total. The van der Waals surface area contributed by atoms with Crippen molar-refractivity contribution in [3.8, 4) is 0 Å². The Balaban J connectivity index is 1.55. The van der Waals surface area contributed by atoms with Crippen LogP contribution in [0.4, 0.5) is 0 Å². The standard InChI is InChI=1S/C20H28N2O2/c1-14-5-6-15(2)18(12-14)20(24)22-11-3-4-16(13-22)7-10-19(23)21-17-8-9-17/h5-6,12,16-17H,3-4,7-11,13H2,1-2H3,(H,21,23). The number of amides is 2. The molecule has 1 unspecified atom stereocenters. The Hall–Kier alpha value is -1.84. The molecular weight excluding hydrogens is 300 g/mol. The predicted octanol–water partition coefficient (Wildman–Crippen LogP) is 3.21. The fourth-order valence-electron chi connectivity index (χ4n) is 3.48. The van der Waals surface area contributed by atoms with Crippen LogP contribution in [-0.4, -0.2) is 35.8 Å². The van der Waals surface area contributed by atoms with E-state index in [1.807, 2.05) is 36.9 Å². The molecule has 0 spiro atoms. The minimum Gasteiger partial charge on any atom is -0.353 e. The molecule has 1 aromatic rings. The molecular formula is C20H28N2O2. The topological polar surface area (TPSA) is 49.4 Å². The average molecular weight is 328 g/mol. The molecule has 0 bridgehead atoms. The second-order valence-electron chi connectivity index (χ2n) is 7.46. The molecule has 4 heteroatoms. The van der Waals surface area contributed by atoms with Gasteiger partial charge in [0.25, 0.3) is 5.91 Å². The van der Waals surface area contributed by atoms with Gasteiger partial charge >= 0.3 is 0 Å². The fourth-order valence-corrected chi connectivity index (χ4v) is 3.48. The van der Waals surface area contributed by atoms with Crippen molar-refractivity contribution in [2.75, 3.05) is 13.1 Å². The first-order chi connectivity index (χ1) is 11.5. The van der Waals surface area contributed by atoms with Gasteiger partial charge in [0.2, 0.25) is 5.91 Å². The van der Waals surface area contributed by atoms with Crippen LogP contribution in [0.1, 0.15) is 60.0 Å². The summed E-state index contributed by atoms with van der Waals surface area (Å²) in [6.07, 6.45) is 5.89. The SMILES string of the molecule is Cc1ccc(C)c(C(=O)N2CCCC(CCC(=O)NC3CC3)C2)c1. The normalized spacial score (nSPS) is 20.8. The van der Waals surface area contributed by atoms with Crippen LogP contribution in [-0.2, 0) is 4.79 Å². The van der Waals surface area contributed by atoms with E-state index < -0.39 is 0 Å². The van der Waals surface area contributed by atoms with Crippen LogP contribution in [0, 0.1) is 19.8 Å². The number of carbonyl (C=O) groups excluding carboxylic acids is 2. The van der Waals surface area contributed by atoms with Gasteiger partial charge in [0, 0.05) is 31.1 Å². The average Bonchev–Trinajstić information content (AvgIpc) is 3.39. The van der Waals surface area contributed by atoms with Crippen LogP contribution in [0.3, 0.4) is 0 Å². The summed E-state index contributed by atoms with van der Waals surface area (Å²) in [5, 5.41) is 3.05. The van der Waals surface area contributed by atoms with E-state index >= 15 is 0 Å². The lowest BCUT2D eigenvalue weighted by Crippen LogP contribution is -2.40. The molecule has 2 aliphatic rings. The third kappa shape index (κ3) is 4.37. The third-order valence-corrected chi connectivity index (χ3v) is 5.15. The van der Waals surface area contributed by atoms with E-state index in [0.29, 0.717) is 18.4 Å². The van der Waals surface area contributed by atoms with E-state index in [1.165, 1.54) is 0 Å². The van der Waals surface area contributed by atoms with Gasteiger partial charge in [-0.25, -0.2) is 0 Å². The van der Waals surface area contributed by atoms with E-state index in [2.05, 4.69) is 5.32 Å². The number of likely N-dealkylation sites (tertiary alicyclic amines) is 1. The van der Waals surface area contributed by atoms with Gasteiger partial charge in [-0.05, 0) is 63.5 Å². The summed E-state index contributed by atoms with van der Waals surface area (Å²) in [6, 6.07) is 6.49. The molecule has 1 heterocycles. The summed E-state index contributed by atoms with van der Waals surface area (Å²) in [4.78, 5) is 26.7. The number of benzene rings is 1. The molecule has 1 N–H and O–H groups in total. The molecule has 1 aromatic carbocycles. The summed E-state index contributed by atoms with van der Waals surface area (Å²) in [7, 11) is 0. The molecule has 1 saturated heterocycles. The fraction of sp³-hybridized carbons (Fsp3) is 0.600. The minimum absolute atomic E-state index is 0.142. The Labute approximate surface area is 144 Å². The lowest BCUT2D eigenvalue weighted by Gasteiger charge is -2.33. The molecule has 1 aliphatic heterocycles. The number of piperidine rings is 1. The zero-order chi connectivity index (χ0) is 17.1. The summed E-state index contributed by atoms with van der Waals surface area (Å²) >= 11 is 0. The van der Waals surface area contributed by atoms with Gasteiger partial charge in [0.05, 0.1) is 0 Å². The summed E-state index contributed by atoms with van der Waals surface area (Å²) in [6.45, 7) is 5.63. The zero-order valence-electron chi connectivity index (χ0n) is 14.8. The maximum absolute atomic E-state index is 12.9. The van der Waals surface area contributed by atoms with Gasteiger partial charge in [-0.2, -0.15) is 0 Å². The van der Waals surface area contributed by atoms with Crippen LogP contribution in [0.5, 0.6) is 0 Å². The number of rotatable bonds is 5. The van der Waals surface area contributed by atoms with Crippen LogP contribution in [0.15, 0.2) is 18.2 Å². The Morgan fingerprint density at radius 1 is 1.21 bits per heavy atom. The van der Waals surface area contributed by atoms with Gasteiger partial charge < -0.3 is 10.2 Å². The molecule has 2 amide bonds. The van der Waals surface area contributed by atoms with Crippen LogP contribution >= 0.6 is 0 Å². The number of aryl methyl sites for hydroxylation is 2. The van der Waals surface area contributed by atoms with Gasteiger partial charge in [-0.15, -0.1) is 0 Å². The molecule has 1 atom stereocenters. The number of hydrogen-bond acceptors (Lipinski definition) is 2. The summed E-state index contributed by atoms with van der Waals surface area (Å²) in [5.74, 6) is 0.761. The lowest BCUT2D eigenvalue weighted by atomic mass is 9.92. The number of carbonyl (C=O) groups is 2. The van der Waals surface area contributed by atoms with Gasteiger partial charge in [-0.3, -0.25) is 9.59 Å². The van der Waals surface area contributed by atoms with E-state index in [-0.39, 0.29) is 11.8 Å². The Morgan fingerprint density at radius 2 is 2.00 bits per heavy atom. The molecule has 1 saturated carbocycles. The highest BCUT2D eigenvalue weighted by atomic mass is 16.2. The molecule has 0 aromatic heterocycles. The Kier molecular flexibility index (Phi) is 5.22. The number of hydrogen-bond donors (Lipinski definition) is 1. The maximum Gasteiger partial charge on any atom is 0.254 e. The van der Waals surface area contributed by atoms with Crippen molar-refractivity contribution < 1.29 is 9.59 Å². The van der Waals surface area contributed by atoms with E-state index in [0.717, 1.165) is 61.9 Å². The lowest BCUT2D eigenvalue weighted by molar-refractivity contribution is -0.121. The first kappa shape index (κ1) is 17.0. The van der Waals surface area contributed by atoms with Crippen molar-refractivity contribution in [1.82, 2.24) is 10.2 Å². The highest BCUT2D eigenvalue weighted by Gasteiger charge is 2.27. The predicted molar refractivity (Wildman–Crippen MR) is 94.9 cm³/mol. The quantitative estimate of drug-likeness (QED) is 0.902. The van der Waals surface area contributed by atoms with Crippen molar-refractivity contribution in [2.45, 2.75) is 58.4 Å². The first-order valence-corrected chi connectivity index (χ1v) is 9.19. The Morgan fingerprint density at radius 3 is 2.75 bits per heavy atom. The van der Waals surface area contributed by atoms with Crippen LogP contribution in [0.2, 0.25) is 0 Å².